The van der Waals surface area contributed by atoms with Crippen molar-refractivity contribution in [2.75, 3.05) is 4.90 Å². The number of halogens is 1. The third kappa shape index (κ3) is 1.80. The predicted octanol–water partition coefficient (Wildman–Crippen LogP) is 2.16. The summed E-state index contributed by atoms with van der Waals surface area (Å²) in [6.45, 7) is 3.52. The van der Waals surface area contributed by atoms with Gasteiger partial charge in [0.05, 0.1) is 23.5 Å². The Morgan fingerprint density at radius 3 is 2.65 bits per heavy atom. The molecule has 0 N–H and O–H groups in total. The third-order valence-electron chi connectivity index (χ3n) is 3.21. The Labute approximate surface area is 114 Å². The van der Waals surface area contributed by atoms with E-state index in [1.807, 2.05) is 0 Å². The van der Waals surface area contributed by atoms with Crippen LogP contribution in [0, 0.1) is 19.7 Å². The molecule has 1 amide bonds. The first kappa shape index (κ1) is 12.5. The Kier molecular flexibility index (Phi) is 2.67. The minimum atomic E-state index is -0.696. The number of ketones is 1. The van der Waals surface area contributed by atoms with Crippen molar-refractivity contribution in [3.63, 3.8) is 0 Å². The number of aromatic nitrogens is 1. The fourth-order valence-corrected chi connectivity index (χ4v) is 2.40. The number of hydrogen-bond acceptors (Lipinski definition) is 4. The summed E-state index contributed by atoms with van der Waals surface area (Å²) < 4.78 is 18.4. The molecule has 1 aliphatic heterocycles. The Morgan fingerprint density at radius 2 is 2.00 bits per heavy atom. The van der Waals surface area contributed by atoms with Crippen LogP contribution in [0.3, 0.4) is 0 Å². The minimum absolute atomic E-state index is 0.101. The Hall–Kier alpha value is -2.50. The van der Waals surface area contributed by atoms with Crippen LogP contribution in [0.25, 0.3) is 0 Å². The molecule has 1 aliphatic rings. The molecular formula is C14H11FN2O3. The number of aryl methyl sites for hydroxylation is 2. The number of rotatable bonds is 2. The molecule has 0 unspecified atom stereocenters. The first-order chi connectivity index (χ1) is 9.47. The van der Waals surface area contributed by atoms with Gasteiger partial charge in [-0.2, -0.15) is 0 Å². The first-order valence-electron chi connectivity index (χ1n) is 6.06. The molecule has 0 aliphatic carbocycles. The molecule has 5 nitrogen and oxygen atoms in total. The van der Waals surface area contributed by atoms with Gasteiger partial charge >= 0.3 is 0 Å². The third-order valence-corrected chi connectivity index (χ3v) is 3.21. The van der Waals surface area contributed by atoms with Gasteiger partial charge in [-0.3, -0.25) is 14.5 Å². The lowest BCUT2D eigenvalue weighted by molar-refractivity contribution is -0.114. The van der Waals surface area contributed by atoms with Crippen LogP contribution in [0.2, 0.25) is 0 Å². The van der Waals surface area contributed by atoms with Gasteiger partial charge in [-0.15, -0.1) is 0 Å². The molecule has 0 atom stereocenters. The Bertz CT molecular complexity index is 736. The van der Waals surface area contributed by atoms with Crippen molar-refractivity contribution < 1.29 is 18.5 Å². The van der Waals surface area contributed by atoms with Crippen LogP contribution in [0.5, 0.6) is 0 Å². The number of carbonyl (C=O) groups excluding carboxylic acids is 2. The summed E-state index contributed by atoms with van der Waals surface area (Å²) in [5, 5.41) is 3.74. The van der Waals surface area contributed by atoms with Crippen LogP contribution >= 0.6 is 0 Å². The van der Waals surface area contributed by atoms with E-state index >= 15 is 0 Å². The summed E-state index contributed by atoms with van der Waals surface area (Å²) in [6.07, 6.45) is 0. The zero-order valence-corrected chi connectivity index (χ0v) is 10.9. The number of hydrogen-bond donors (Lipinski definition) is 0. The average Bonchev–Trinajstić information content (AvgIpc) is 2.88. The molecule has 1 aromatic heterocycles. The molecule has 0 saturated carbocycles. The van der Waals surface area contributed by atoms with Crippen molar-refractivity contribution in [1.29, 1.82) is 0 Å². The Morgan fingerprint density at radius 1 is 1.25 bits per heavy atom. The lowest BCUT2D eigenvalue weighted by Crippen LogP contribution is -2.29. The van der Waals surface area contributed by atoms with Crippen LogP contribution in [-0.2, 0) is 11.3 Å². The van der Waals surface area contributed by atoms with Crippen molar-refractivity contribution >= 4 is 17.4 Å². The molecular weight excluding hydrogens is 263 g/mol. The SMILES string of the molecule is Cc1cc(CN2C(=O)C(=O)c3cc(F)cc(C)c32)on1. The van der Waals surface area contributed by atoms with E-state index in [4.69, 9.17) is 4.52 Å². The van der Waals surface area contributed by atoms with Crippen LogP contribution in [0.1, 0.15) is 27.4 Å². The molecule has 0 spiro atoms. The fraction of sp³-hybridized carbons (Fsp3) is 0.214. The van der Waals surface area contributed by atoms with Crippen LogP contribution < -0.4 is 4.90 Å². The Balaban J connectivity index is 2.06. The van der Waals surface area contributed by atoms with E-state index in [1.165, 1.54) is 11.0 Å². The second-order valence-corrected chi connectivity index (χ2v) is 4.77. The van der Waals surface area contributed by atoms with Gasteiger partial charge in [0.1, 0.15) is 5.82 Å². The van der Waals surface area contributed by atoms with E-state index in [0.29, 0.717) is 22.7 Å². The molecule has 20 heavy (non-hydrogen) atoms. The number of nitrogens with zero attached hydrogens (tertiary/aromatic N) is 2. The summed E-state index contributed by atoms with van der Waals surface area (Å²) in [5.74, 6) is -1.43. The van der Waals surface area contributed by atoms with Crippen molar-refractivity contribution in [3.8, 4) is 0 Å². The standard InChI is InChI=1S/C14H11FN2O3/c1-7-3-9(15)5-11-12(7)17(14(19)13(11)18)6-10-4-8(2)16-20-10/h3-5H,6H2,1-2H3. The lowest BCUT2D eigenvalue weighted by Gasteiger charge is -2.16. The number of carbonyl (C=O) groups is 2. The zero-order valence-electron chi connectivity index (χ0n) is 10.9. The highest BCUT2D eigenvalue weighted by Crippen LogP contribution is 2.34. The van der Waals surface area contributed by atoms with E-state index in [9.17, 15) is 14.0 Å². The van der Waals surface area contributed by atoms with Gasteiger partial charge in [0.25, 0.3) is 11.7 Å². The molecule has 2 aromatic rings. The molecule has 0 fully saturated rings. The second-order valence-electron chi connectivity index (χ2n) is 4.77. The largest absolute Gasteiger partial charge is 0.359 e. The summed E-state index contributed by atoms with van der Waals surface area (Å²) in [4.78, 5) is 25.2. The fourth-order valence-electron chi connectivity index (χ4n) is 2.40. The van der Waals surface area contributed by atoms with Crippen molar-refractivity contribution in [2.24, 2.45) is 0 Å². The minimum Gasteiger partial charge on any atom is -0.359 e. The maximum Gasteiger partial charge on any atom is 0.299 e. The van der Waals surface area contributed by atoms with Crippen molar-refractivity contribution in [3.05, 3.63) is 46.6 Å². The molecule has 0 saturated heterocycles. The van der Waals surface area contributed by atoms with Gasteiger partial charge in [-0.05, 0) is 31.5 Å². The highest BCUT2D eigenvalue weighted by molar-refractivity contribution is 6.52. The topological polar surface area (TPSA) is 63.4 Å². The molecule has 2 heterocycles. The predicted molar refractivity (Wildman–Crippen MR) is 67.9 cm³/mol. The van der Waals surface area contributed by atoms with Crippen LogP contribution in [-0.4, -0.2) is 16.8 Å². The monoisotopic (exact) mass is 274 g/mol. The summed E-state index contributed by atoms with van der Waals surface area (Å²) in [7, 11) is 0. The molecule has 3 rings (SSSR count). The van der Waals surface area contributed by atoms with Crippen LogP contribution in [0.4, 0.5) is 10.1 Å². The lowest BCUT2D eigenvalue weighted by atomic mass is 10.1. The first-order valence-corrected chi connectivity index (χ1v) is 6.06. The summed E-state index contributed by atoms with van der Waals surface area (Å²) in [6, 6.07) is 4.08. The molecule has 1 aromatic carbocycles. The molecule has 102 valence electrons. The summed E-state index contributed by atoms with van der Waals surface area (Å²) >= 11 is 0. The van der Waals surface area contributed by atoms with Crippen molar-refractivity contribution in [1.82, 2.24) is 5.16 Å². The number of anilines is 1. The molecule has 6 heteroatoms. The number of amides is 1. The smallest absolute Gasteiger partial charge is 0.299 e. The summed E-state index contributed by atoms with van der Waals surface area (Å²) in [5.41, 5.74) is 1.77. The van der Waals surface area contributed by atoms with Gasteiger partial charge in [0.2, 0.25) is 0 Å². The maximum absolute atomic E-state index is 13.4. The average molecular weight is 274 g/mol. The normalized spacial score (nSPS) is 14.1. The van der Waals surface area contributed by atoms with Gasteiger partial charge < -0.3 is 4.52 Å². The number of fused-ring (bicyclic) bond motifs is 1. The van der Waals surface area contributed by atoms with Gasteiger partial charge in [-0.1, -0.05) is 5.16 Å². The van der Waals surface area contributed by atoms with E-state index in [0.717, 1.165) is 6.07 Å². The number of Topliss-reactive ketones (excluding diaryl/α,β-unsaturated/α-hetero) is 1. The van der Waals surface area contributed by atoms with E-state index < -0.39 is 17.5 Å². The highest BCUT2D eigenvalue weighted by Gasteiger charge is 2.38. The van der Waals surface area contributed by atoms with Gasteiger partial charge in [0, 0.05) is 6.07 Å². The quantitative estimate of drug-likeness (QED) is 0.787. The van der Waals surface area contributed by atoms with E-state index in [-0.39, 0.29) is 12.1 Å². The second kappa shape index (κ2) is 4.26. The van der Waals surface area contributed by atoms with E-state index in [1.54, 1.807) is 19.9 Å². The van der Waals surface area contributed by atoms with Gasteiger partial charge in [0.15, 0.2) is 5.76 Å². The number of benzene rings is 1. The van der Waals surface area contributed by atoms with Crippen molar-refractivity contribution in [2.45, 2.75) is 20.4 Å². The molecule has 0 bridgehead atoms. The molecule has 0 radical (unpaired) electrons. The van der Waals surface area contributed by atoms with Crippen LogP contribution in [0.15, 0.2) is 22.7 Å². The van der Waals surface area contributed by atoms with Gasteiger partial charge in [-0.25, -0.2) is 4.39 Å². The zero-order chi connectivity index (χ0) is 14.4. The van der Waals surface area contributed by atoms with E-state index in [2.05, 4.69) is 5.16 Å². The highest BCUT2D eigenvalue weighted by atomic mass is 19.1. The maximum atomic E-state index is 13.4.